The number of halogens is 2. The molecule has 0 heterocycles. The number of rotatable bonds is 5. The number of carbonyl (C=O) groups excluding carboxylic acids is 2. The highest BCUT2D eigenvalue weighted by atomic mass is 19.1. The largest absolute Gasteiger partial charge is 0.467 e. The van der Waals surface area contributed by atoms with E-state index in [1.807, 2.05) is 31.2 Å². The van der Waals surface area contributed by atoms with Gasteiger partial charge in [0.1, 0.15) is 17.7 Å². The quantitative estimate of drug-likeness (QED) is 0.856. The molecule has 2 aromatic carbocycles. The van der Waals surface area contributed by atoms with Crippen LogP contribution in [0.2, 0.25) is 0 Å². The van der Waals surface area contributed by atoms with Crippen molar-refractivity contribution in [1.82, 2.24) is 5.32 Å². The van der Waals surface area contributed by atoms with Crippen LogP contribution in [0.15, 0.2) is 42.5 Å². The first-order valence-corrected chi connectivity index (χ1v) is 7.30. The first-order chi connectivity index (χ1) is 11.4. The Morgan fingerprint density at radius 3 is 2.54 bits per heavy atom. The van der Waals surface area contributed by atoms with Crippen LogP contribution in [0.1, 0.15) is 21.5 Å². The third-order valence-corrected chi connectivity index (χ3v) is 3.49. The Morgan fingerprint density at radius 2 is 1.92 bits per heavy atom. The Balaban J connectivity index is 2.19. The second-order valence-electron chi connectivity index (χ2n) is 5.37. The summed E-state index contributed by atoms with van der Waals surface area (Å²) in [7, 11) is 1.20. The Hall–Kier alpha value is -2.76. The van der Waals surface area contributed by atoms with Crippen molar-refractivity contribution < 1.29 is 23.1 Å². The fraction of sp³-hybridized carbons (Fsp3) is 0.222. The van der Waals surface area contributed by atoms with Crippen molar-refractivity contribution in [3.05, 3.63) is 70.8 Å². The molecule has 0 saturated heterocycles. The lowest BCUT2D eigenvalue weighted by atomic mass is 10.0. The molecule has 0 bridgehead atoms. The molecular weight excluding hydrogens is 316 g/mol. The predicted molar refractivity (Wildman–Crippen MR) is 84.5 cm³/mol. The Labute approximate surface area is 138 Å². The molecule has 0 aliphatic heterocycles. The predicted octanol–water partition coefficient (Wildman–Crippen LogP) is 2.79. The highest BCUT2D eigenvalue weighted by Crippen LogP contribution is 2.12. The van der Waals surface area contributed by atoms with E-state index in [2.05, 4.69) is 5.32 Å². The average Bonchev–Trinajstić information content (AvgIpc) is 2.53. The van der Waals surface area contributed by atoms with Gasteiger partial charge < -0.3 is 10.1 Å². The van der Waals surface area contributed by atoms with Crippen molar-refractivity contribution >= 4 is 11.9 Å². The summed E-state index contributed by atoms with van der Waals surface area (Å²) in [6, 6.07) is 9.07. The molecule has 1 N–H and O–H groups in total. The number of ether oxygens (including phenoxy) is 1. The van der Waals surface area contributed by atoms with E-state index in [4.69, 9.17) is 4.74 Å². The average molecular weight is 333 g/mol. The van der Waals surface area contributed by atoms with Crippen LogP contribution < -0.4 is 5.32 Å². The fourth-order valence-electron chi connectivity index (χ4n) is 2.32. The van der Waals surface area contributed by atoms with Crippen LogP contribution in [0.3, 0.4) is 0 Å². The van der Waals surface area contributed by atoms with E-state index in [0.29, 0.717) is 6.07 Å². The van der Waals surface area contributed by atoms with Crippen LogP contribution in [-0.4, -0.2) is 25.0 Å². The van der Waals surface area contributed by atoms with Gasteiger partial charge in [-0.15, -0.1) is 0 Å². The molecule has 0 fully saturated rings. The van der Waals surface area contributed by atoms with Crippen molar-refractivity contribution in [3.63, 3.8) is 0 Å². The summed E-state index contributed by atoms with van der Waals surface area (Å²) in [5.41, 5.74) is 1.49. The maximum atomic E-state index is 13.7. The minimum absolute atomic E-state index is 0.197. The Kier molecular flexibility index (Phi) is 5.63. The molecule has 1 amide bonds. The van der Waals surface area contributed by atoms with Crippen molar-refractivity contribution in [1.29, 1.82) is 0 Å². The van der Waals surface area contributed by atoms with Crippen molar-refractivity contribution in [2.45, 2.75) is 19.4 Å². The van der Waals surface area contributed by atoms with Gasteiger partial charge in [0.25, 0.3) is 5.91 Å². The lowest BCUT2D eigenvalue weighted by Gasteiger charge is -2.17. The molecule has 2 rings (SSSR count). The van der Waals surface area contributed by atoms with Gasteiger partial charge in [-0.3, -0.25) is 4.79 Å². The molecule has 4 nitrogen and oxygen atoms in total. The number of nitrogens with one attached hydrogen (secondary N) is 1. The molecular formula is C18H17F2NO3. The van der Waals surface area contributed by atoms with Gasteiger partial charge in [-0.1, -0.05) is 29.8 Å². The Bertz CT molecular complexity index is 762. The fourth-order valence-corrected chi connectivity index (χ4v) is 2.32. The SMILES string of the molecule is COC(=O)[C@H](Cc1cccc(C)c1)NC(=O)c1ccc(F)cc1F. The summed E-state index contributed by atoms with van der Waals surface area (Å²) >= 11 is 0. The van der Waals surface area contributed by atoms with E-state index in [1.165, 1.54) is 7.11 Å². The Morgan fingerprint density at radius 1 is 1.17 bits per heavy atom. The lowest BCUT2D eigenvalue weighted by Crippen LogP contribution is -2.43. The van der Waals surface area contributed by atoms with E-state index >= 15 is 0 Å². The monoisotopic (exact) mass is 333 g/mol. The van der Waals surface area contributed by atoms with Gasteiger partial charge in [0.05, 0.1) is 12.7 Å². The number of methoxy groups -OCH3 is 1. The van der Waals surface area contributed by atoms with Crippen LogP contribution in [-0.2, 0) is 16.0 Å². The molecule has 0 saturated carbocycles. The normalized spacial score (nSPS) is 11.7. The van der Waals surface area contributed by atoms with E-state index in [1.54, 1.807) is 0 Å². The lowest BCUT2D eigenvalue weighted by molar-refractivity contribution is -0.142. The summed E-state index contributed by atoms with van der Waals surface area (Å²) in [5.74, 6) is -3.23. The van der Waals surface area contributed by atoms with Crippen LogP contribution in [0, 0.1) is 18.6 Å². The standard InChI is InChI=1S/C18H17F2NO3/c1-11-4-3-5-12(8-11)9-16(18(23)24-2)21-17(22)14-7-6-13(19)10-15(14)20/h3-8,10,16H,9H2,1-2H3,(H,21,22)/t16-/m0/s1. The number of amides is 1. The van der Waals surface area contributed by atoms with Crippen LogP contribution in [0.25, 0.3) is 0 Å². The number of aryl methyl sites for hydroxylation is 1. The van der Waals surface area contributed by atoms with Gasteiger partial charge in [0, 0.05) is 12.5 Å². The molecule has 24 heavy (non-hydrogen) atoms. The van der Waals surface area contributed by atoms with Crippen molar-refractivity contribution in [2.24, 2.45) is 0 Å². The third kappa shape index (κ3) is 4.38. The van der Waals surface area contributed by atoms with Gasteiger partial charge in [0.2, 0.25) is 0 Å². The molecule has 2 aromatic rings. The minimum Gasteiger partial charge on any atom is -0.467 e. The molecule has 0 aromatic heterocycles. The second-order valence-corrected chi connectivity index (χ2v) is 5.37. The minimum atomic E-state index is -0.994. The van der Waals surface area contributed by atoms with Gasteiger partial charge >= 0.3 is 5.97 Å². The molecule has 6 heteroatoms. The number of carbonyl (C=O) groups is 2. The summed E-state index contributed by atoms with van der Waals surface area (Å²) in [4.78, 5) is 24.1. The zero-order valence-corrected chi connectivity index (χ0v) is 13.3. The summed E-state index contributed by atoms with van der Waals surface area (Å²) < 4.78 is 31.3. The van der Waals surface area contributed by atoms with Gasteiger partial charge in [-0.05, 0) is 24.6 Å². The van der Waals surface area contributed by atoms with Gasteiger partial charge in [-0.2, -0.15) is 0 Å². The van der Waals surface area contributed by atoms with Gasteiger partial charge in [0.15, 0.2) is 0 Å². The zero-order chi connectivity index (χ0) is 17.7. The molecule has 126 valence electrons. The van der Waals surface area contributed by atoms with Crippen molar-refractivity contribution in [2.75, 3.05) is 7.11 Å². The number of hydrogen-bond donors (Lipinski definition) is 1. The van der Waals surface area contributed by atoms with E-state index in [-0.39, 0.29) is 12.0 Å². The summed E-state index contributed by atoms with van der Waals surface area (Å²) in [6.07, 6.45) is 0.197. The number of benzene rings is 2. The smallest absolute Gasteiger partial charge is 0.328 e. The van der Waals surface area contributed by atoms with Gasteiger partial charge in [-0.25, -0.2) is 13.6 Å². The first-order valence-electron chi connectivity index (χ1n) is 7.30. The highest BCUT2D eigenvalue weighted by Gasteiger charge is 2.24. The second kappa shape index (κ2) is 7.68. The zero-order valence-electron chi connectivity index (χ0n) is 13.3. The maximum Gasteiger partial charge on any atom is 0.328 e. The number of esters is 1. The molecule has 0 aliphatic carbocycles. The van der Waals surface area contributed by atoms with E-state index in [0.717, 1.165) is 23.3 Å². The van der Waals surface area contributed by atoms with Crippen molar-refractivity contribution in [3.8, 4) is 0 Å². The molecule has 1 atom stereocenters. The first kappa shape index (κ1) is 17.6. The molecule has 0 aliphatic rings. The maximum absolute atomic E-state index is 13.7. The third-order valence-electron chi connectivity index (χ3n) is 3.49. The topological polar surface area (TPSA) is 55.4 Å². The molecule has 0 radical (unpaired) electrons. The van der Waals surface area contributed by atoms with Crippen LogP contribution in [0.4, 0.5) is 8.78 Å². The van der Waals surface area contributed by atoms with E-state index in [9.17, 15) is 18.4 Å². The summed E-state index contributed by atoms with van der Waals surface area (Å²) in [5, 5.41) is 2.44. The summed E-state index contributed by atoms with van der Waals surface area (Å²) in [6.45, 7) is 1.91. The van der Waals surface area contributed by atoms with E-state index < -0.39 is 29.6 Å². The van der Waals surface area contributed by atoms with Crippen LogP contribution >= 0.6 is 0 Å². The number of hydrogen-bond acceptors (Lipinski definition) is 3. The highest BCUT2D eigenvalue weighted by molar-refractivity contribution is 5.97. The molecule has 0 unspecified atom stereocenters. The molecule has 0 spiro atoms. The van der Waals surface area contributed by atoms with Crippen LogP contribution in [0.5, 0.6) is 0 Å².